The Morgan fingerprint density at radius 1 is 0.333 bits per heavy atom. The third-order valence-electron chi connectivity index (χ3n) is 0. The number of hydrogen-bond donors (Lipinski definition) is 0. The van der Waals surface area contributed by atoms with Gasteiger partial charge in [-0.15, -0.1) is 52.9 Å². The van der Waals surface area contributed by atoms with Gasteiger partial charge in [0, 0.05) is 0 Å². The fraction of sp³-hybridized carbons (Fsp3) is 1.00. The first kappa shape index (κ1) is 70.1. The van der Waals surface area contributed by atoms with E-state index in [4.69, 9.17) is 40.9 Å². The SMILES string of the molecule is CC[O-].CC[O-].CC[O-].CC[O-].CC[O-].CC[O-].CC[O-].CC[O-].[MgH2].[Sn+4].[Zr+4]. The zero-order valence-corrected chi connectivity index (χ0v) is 23.2. The first-order chi connectivity index (χ1) is 11.3. The summed E-state index contributed by atoms with van der Waals surface area (Å²) >= 11 is 0. The van der Waals surface area contributed by atoms with Crippen LogP contribution in [0.4, 0.5) is 0 Å². The van der Waals surface area contributed by atoms with Crippen LogP contribution >= 0.6 is 0 Å². The van der Waals surface area contributed by atoms with Gasteiger partial charge in [0.05, 0.1) is 0 Å². The summed E-state index contributed by atoms with van der Waals surface area (Å²) in [5, 5.41) is 71.4. The van der Waals surface area contributed by atoms with E-state index in [1.54, 1.807) is 55.4 Å². The summed E-state index contributed by atoms with van der Waals surface area (Å²) in [6, 6.07) is 0. The molecule has 8 nitrogen and oxygen atoms in total. The average Bonchev–Trinajstić information content (AvgIpc) is 2.45. The molecule has 11 heteroatoms. The Morgan fingerprint density at radius 3 is 0.333 bits per heavy atom. The Morgan fingerprint density at radius 2 is 0.333 bits per heavy atom. The standard InChI is InChI=1S/8C2H5O.Mg.Sn.Zr.2H/c8*1-2-3;;;;;/h8*2H2,1H3;;;;;/q8*-1;;2*+4;;. The van der Waals surface area contributed by atoms with Crippen molar-refractivity contribution in [3.8, 4) is 0 Å². The van der Waals surface area contributed by atoms with E-state index < -0.39 is 0 Å². The predicted octanol–water partition coefficient (Wildman–Crippen LogP) is -6.37. The number of hydrogen-bond acceptors (Lipinski definition) is 8. The van der Waals surface area contributed by atoms with Gasteiger partial charge in [-0.05, 0) is 0 Å². The van der Waals surface area contributed by atoms with E-state index in [0.717, 1.165) is 0 Å². The molecule has 0 aliphatic carbocycles. The summed E-state index contributed by atoms with van der Waals surface area (Å²) < 4.78 is 0. The minimum Gasteiger partial charge on any atom is -0.855 e. The van der Waals surface area contributed by atoms with Crippen LogP contribution in [0.2, 0.25) is 0 Å². The normalized spacial score (nSPS) is 5.33. The maximum Gasteiger partial charge on any atom is 4.00 e. The molecule has 0 aromatic rings. The fourth-order valence-electron chi connectivity index (χ4n) is 0. The summed E-state index contributed by atoms with van der Waals surface area (Å²) in [7, 11) is 0. The molecule has 0 aromatic heterocycles. The molecule has 164 valence electrons. The van der Waals surface area contributed by atoms with Crippen LogP contribution in [-0.4, -0.2) is 99.8 Å². The van der Waals surface area contributed by atoms with Gasteiger partial charge in [0.2, 0.25) is 0 Å². The molecule has 0 amide bonds. The minimum absolute atomic E-state index is 0. The summed E-state index contributed by atoms with van der Waals surface area (Å²) in [4.78, 5) is 0. The van der Waals surface area contributed by atoms with Gasteiger partial charge < -0.3 is 40.9 Å². The van der Waals surface area contributed by atoms with Crippen LogP contribution in [0.3, 0.4) is 0 Å². The van der Waals surface area contributed by atoms with E-state index in [9.17, 15) is 0 Å². The first-order valence-corrected chi connectivity index (χ1v) is 7.97. The third kappa shape index (κ3) is 4240. The average molecular weight is 597 g/mol. The topological polar surface area (TPSA) is 184 Å². The molecular weight excluding hydrogens is 554 g/mol. The van der Waals surface area contributed by atoms with Crippen LogP contribution in [0.15, 0.2) is 0 Å². The van der Waals surface area contributed by atoms with Crippen molar-refractivity contribution in [1.82, 2.24) is 0 Å². The van der Waals surface area contributed by atoms with Crippen molar-refractivity contribution in [2.45, 2.75) is 55.4 Å². The Kier molecular flexibility index (Phi) is 524. The Balaban J connectivity index is -0.0000000119. The molecule has 0 rings (SSSR count). The van der Waals surface area contributed by atoms with Gasteiger partial charge in [-0.1, -0.05) is 55.4 Å². The maximum atomic E-state index is 8.93. The maximum absolute atomic E-state index is 8.93. The predicted molar refractivity (Wildman–Crippen MR) is 98.6 cm³/mol. The second-order valence-corrected chi connectivity index (χ2v) is 2.31. The molecule has 0 aliphatic rings. The number of rotatable bonds is 0. The molecule has 0 N–H and O–H groups in total. The van der Waals surface area contributed by atoms with E-state index in [1.807, 2.05) is 0 Å². The van der Waals surface area contributed by atoms with Crippen molar-refractivity contribution in [2.75, 3.05) is 52.9 Å². The smallest absolute Gasteiger partial charge is 0.855 e. The van der Waals surface area contributed by atoms with Crippen molar-refractivity contribution in [2.24, 2.45) is 0 Å². The summed E-state index contributed by atoms with van der Waals surface area (Å²) in [5.74, 6) is 0. The van der Waals surface area contributed by atoms with Gasteiger partial charge in [0.25, 0.3) is 0 Å². The van der Waals surface area contributed by atoms with Crippen molar-refractivity contribution in [3.05, 3.63) is 0 Å². The van der Waals surface area contributed by atoms with Crippen LogP contribution < -0.4 is 40.9 Å². The second kappa shape index (κ2) is 202. The van der Waals surface area contributed by atoms with Gasteiger partial charge in [-0.25, -0.2) is 0 Å². The van der Waals surface area contributed by atoms with Crippen LogP contribution in [0, 0.1) is 0 Å². The van der Waals surface area contributed by atoms with Crippen LogP contribution in [0.25, 0.3) is 0 Å². The summed E-state index contributed by atoms with van der Waals surface area (Å²) in [6.45, 7) is 12.6. The van der Waals surface area contributed by atoms with Gasteiger partial charge in [-0.2, -0.15) is 0 Å². The van der Waals surface area contributed by atoms with Crippen LogP contribution in [-0.2, 0) is 26.2 Å². The zero-order chi connectivity index (χ0) is 21.7. The molecule has 0 aromatic carbocycles. The molecule has 0 saturated heterocycles. The molecule has 0 spiro atoms. The Labute approximate surface area is 220 Å². The zero-order valence-electron chi connectivity index (χ0n) is 17.9. The van der Waals surface area contributed by atoms with E-state index in [-0.39, 0.29) is 126 Å². The van der Waals surface area contributed by atoms with Crippen molar-refractivity contribution in [1.29, 1.82) is 0 Å². The quantitative estimate of drug-likeness (QED) is 0.247. The van der Waals surface area contributed by atoms with E-state index >= 15 is 0 Å². The molecule has 0 fully saturated rings. The fourth-order valence-corrected chi connectivity index (χ4v) is 0. The molecule has 0 saturated carbocycles. The molecule has 0 heterocycles. The minimum atomic E-state index is 0. The van der Waals surface area contributed by atoms with Crippen molar-refractivity contribution >= 4 is 47.0 Å². The molecule has 27 heavy (non-hydrogen) atoms. The van der Waals surface area contributed by atoms with Gasteiger partial charge in [0.15, 0.2) is 0 Å². The van der Waals surface area contributed by atoms with Gasteiger partial charge in [0.1, 0.15) is 0 Å². The molecule has 0 bridgehead atoms. The monoisotopic (exact) mass is 596 g/mol. The summed E-state index contributed by atoms with van der Waals surface area (Å²) in [5.41, 5.74) is 0. The molecule has 0 radical (unpaired) electrons. The molecular formula is C16H42MgO8SnZr. The molecule has 0 atom stereocenters. The molecule has 0 unspecified atom stereocenters. The second-order valence-electron chi connectivity index (χ2n) is 2.31. The van der Waals surface area contributed by atoms with Gasteiger partial charge in [-0.3, -0.25) is 0 Å². The first-order valence-electron chi connectivity index (χ1n) is 7.97. The van der Waals surface area contributed by atoms with Gasteiger partial charge >= 0.3 is 73.2 Å². The third-order valence-corrected chi connectivity index (χ3v) is 0. The Bertz CT molecular complexity index is 64.4. The van der Waals surface area contributed by atoms with E-state index in [2.05, 4.69) is 0 Å². The van der Waals surface area contributed by atoms with E-state index in [0.29, 0.717) is 0 Å². The summed E-state index contributed by atoms with van der Waals surface area (Å²) in [6.07, 6.45) is 0. The van der Waals surface area contributed by atoms with Crippen molar-refractivity contribution < 1.29 is 67.1 Å². The molecule has 0 aliphatic heterocycles. The van der Waals surface area contributed by atoms with Crippen LogP contribution in [0.1, 0.15) is 55.4 Å². The van der Waals surface area contributed by atoms with E-state index in [1.165, 1.54) is 0 Å². The largest absolute Gasteiger partial charge is 4.00 e. The Hall–Kier alpha value is 2.13. The van der Waals surface area contributed by atoms with Crippen LogP contribution in [0.5, 0.6) is 0 Å². The van der Waals surface area contributed by atoms with Crippen molar-refractivity contribution in [3.63, 3.8) is 0 Å².